The van der Waals surface area contributed by atoms with Gasteiger partial charge in [-0.1, -0.05) is 0 Å². The minimum atomic E-state index is 0.238. The van der Waals surface area contributed by atoms with E-state index in [4.69, 9.17) is 4.74 Å². The Balaban J connectivity index is 1.52. The molecule has 7 heteroatoms. The summed E-state index contributed by atoms with van der Waals surface area (Å²) in [5, 5.41) is 11.4. The molecule has 1 atom stereocenters. The third kappa shape index (κ3) is 5.71. The Morgan fingerprint density at radius 2 is 2.10 bits per heavy atom. The number of aliphatic imine (C=N–C) groups is 1. The zero-order chi connectivity index (χ0) is 20.8. The van der Waals surface area contributed by atoms with E-state index in [1.165, 1.54) is 24.1 Å². The molecule has 1 aliphatic rings. The number of rotatable bonds is 7. The molecule has 1 unspecified atom stereocenters. The van der Waals surface area contributed by atoms with E-state index in [1.807, 2.05) is 30.1 Å². The molecule has 0 bridgehead atoms. The van der Waals surface area contributed by atoms with E-state index in [1.54, 1.807) is 7.05 Å². The SMILES string of the molecule is CN=C(NCc1ccnc(OC2CCCC2)c1)NC(C)Cc1c(C)nn(C)c1C. The third-order valence-corrected chi connectivity index (χ3v) is 5.62. The maximum Gasteiger partial charge on any atom is 0.213 e. The van der Waals surface area contributed by atoms with Gasteiger partial charge in [0.05, 0.1) is 5.69 Å². The molecule has 0 radical (unpaired) electrons. The molecular formula is C22H34N6O. The van der Waals surface area contributed by atoms with E-state index in [-0.39, 0.29) is 6.04 Å². The molecule has 2 aromatic rings. The monoisotopic (exact) mass is 398 g/mol. The first-order valence-corrected chi connectivity index (χ1v) is 10.5. The molecule has 7 nitrogen and oxygen atoms in total. The topological polar surface area (TPSA) is 76.4 Å². The molecule has 0 saturated heterocycles. The van der Waals surface area contributed by atoms with Crippen LogP contribution in [0.4, 0.5) is 0 Å². The molecular weight excluding hydrogens is 364 g/mol. The van der Waals surface area contributed by atoms with Crippen LogP contribution in [0.2, 0.25) is 0 Å². The van der Waals surface area contributed by atoms with E-state index in [0.717, 1.165) is 42.4 Å². The second-order valence-electron chi connectivity index (χ2n) is 7.97. The zero-order valence-electron chi connectivity index (χ0n) is 18.3. The average Bonchev–Trinajstić information content (AvgIpc) is 3.29. The minimum Gasteiger partial charge on any atom is -0.474 e. The smallest absolute Gasteiger partial charge is 0.213 e. The predicted octanol–water partition coefficient (Wildman–Crippen LogP) is 3.05. The van der Waals surface area contributed by atoms with Crippen LogP contribution >= 0.6 is 0 Å². The van der Waals surface area contributed by atoms with Gasteiger partial charge >= 0.3 is 0 Å². The van der Waals surface area contributed by atoms with Crippen molar-refractivity contribution in [2.45, 2.75) is 71.6 Å². The predicted molar refractivity (Wildman–Crippen MR) is 116 cm³/mol. The highest BCUT2D eigenvalue weighted by Gasteiger charge is 2.17. The van der Waals surface area contributed by atoms with Gasteiger partial charge in [-0.05, 0) is 70.1 Å². The van der Waals surface area contributed by atoms with Crippen molar-refractivity contribution in [2.24, 2.45) is 12.0 Å². The Kier molecular flexibility index (Phi) is 7.12. The molecule has 1 fully saturated rings. The molecule has 1 saturated carbocycles. The van der Waals surface area contributed by atoms with Crippen LogP contribution in [0.15, 0.2) is 23.3 Å². The van der Waals surface area contributed by atoms with Gasteiger partial charge in [0.25, 0.3) is 0 Å². The zero-order valence-corrected chi connectivity index (χ0v) is 18.3. The average molecular weight is 399 g/mol. The Hall–Kier alpha value is -2.57. The van der Waals surface area contributed by atoms with Crippen molar-refractivity contribution in [1.29, 1.82) is 0 Å². The maximum atomic E-state index is 6.01. The molecule has 2 heterocycles. The lowest BCUT2D eigenvalue weighted by molar-refractivity contribution is 0.201. The number of ether oxygens (including phenoxy) is 1. The summed E-state index contributed by atoms with van der Waals surface area (Å²) in [5.41, 5.74) is 4.73. The number of nitrogens with zero attached hydrogens (tertiary/aromatic N) is 4. The minimum absolute atomic E-state index is 0.238. The van der Waals surface area contributed by atoms with Crippen molar-refractivity contribution in [3.8, 4) is 5.88 Å². The summed E-state index contributed by atoms with van der Waals surface area (Å²) < 4.78 is 7.96. The van der Waals surface area contributed by atoms with Gasteiger partial charge in [-0.15, -0.1) is 0 Å². The Bertz CT molecular complexity index is 838. The standard InChI is InChI=1S/C22H34N6O/c1-15(12-20-16(2)27-28(5)17(20)3)26-22(23-4)25-14-18-10-11-24-21(13-18)29-19-8-6-7-9-19/h10-11,13,15,19H,6-9,12,14H2,1-5H3,(H2,23,25,26). The molecule has 2 aromatic heterocycles. The largest absolute Gasteiger partial charge is 0.474 e. The number of hydrogen-bond acceptors (Lipinski definition) is 4. The van der Waals surface area contributed by atoms with Crippen LogP contribution in [0, 0.1) is 13.8 Å². The highest BCUT2D eigenvalue weighted by atomic mass is 16.5. The van der Waals surface area contributed by atoms with E-state index in [9.17, 15) is 0 Å². The Morgan fingerprint density at radius 3 is 2.76 bits per heavy atom. The highest BCUT2D eigenvalue weighted by molar-refractivity contribution is 5.79. The number of guanidine groups is 1. The molecule has 1 aliphatic carbocycles. The Morgan fingerprint density at radius 1 is 1.34 bits per heavy atom. The quantitative estimate of drug-likeness (QED) is 0.554. The second kappa shape index (κ2) is 9.76. The summed E-state index contributed by atoms with van der Waals surface area (Å²) in [4.78, 5) is 8.73. The van der Waals surface area contributed by atoms with Crippen LogP contribution in [-0.2, 0) is 20.0 Å². The van der Waals surface area contributed by atoms with Gasteiger partial charge in [0, 0.05) is 44.6 Å². The third-order valence-electron chi connectivity index (χ3n) is 5.62. The Labute approximate surface area is 174 Å². The van der Waals surface area contributed by atoms with Crippen LogP contribution in [-0.4, -0.2) is 39.9 Å². The molecule has 0 spiro atoms. The van der Waals surface area contributed by atoms with Crippen LogP contribution in [0.25, 0.3) is 0 Å². The highest BCUT2D eigenvalue weighted by Crippen LogP contribution is 2.23. The number of hydrogen-bond donors (Lipinski definition) is 2. The lowest BCUT2D eigenvalue weighted by Crippen LogP contribution is -2.42. The van der Waals surface area contributed by atoms with Crippen LogP contribution in [0.3, 0.4) is 0 Å². The first-order chi connectivity index (χ1) is 14.0. The molecule has 158 valence electrons. The van der Waals surface area contributed by atoms with E-state index in [2.05, 4.69) is 46.5 Å². The molecule has 3 rings (SSSR count). The van der Waals surface area contributed by atoms with Crippen molar-refractivity contribution in [2.75, 3.05) is 7.05 Å². The maximum absolute atomic E-state index is 6.01. The summed E-state index contributed by atoms with van der Waals surface area (Å²) in [7, 11) is 3.79. The van der Waals surface area contributed by atoms with Gasteiger partial charge in [-0.2, -0.15) is 5.10 Å². The first-order valence-electron chi connectivity index (χ1n) is 10.5. The van der Waals surface area contributed by atoms with E-state index in [0.29, 0.717) is 12.6 Å². The number of nitrogens with one attached hydrogen (secondary N) is 2. The second-order valence-corrected chi connectivity index (χ2v) is 7.97. The van der Waals surface area contributed by atoms with Gasteiger partial charge in [0.15, 0.2) is 5.96 Å². The summed E-state index contributed by atoms with van der Waals surface area (Å²) in [6.07, 6.45) is 7.81. The molecule has 0 amide bonds. The van der Waals surface area contributed by atoms with Crippen LogP contribution < -0.4 is 15.4 Å². The fraction of sp³-hybridized carbons (Fsp3) is 0.591. The van der Waals surface area contributed by atoms with E-state index < -0.39 is 0 Å². The summed E-state index contributed by atoms with van der Waals surface area (Å²) in [6, 6.07) is 4.26. The fourth-order valence-electron chi connectivity index (χ4n) is 3.89. The summed E-state index contributed by atoms with van der Waals surface area (Å²) in [6.45, 7) is 7.01. The van der Waals surface area contributed by atoms with Crippen molar-refractivity contribution in [1.82, 2.24) is 25.4 Å². The van der Waals surface area contributed by atoms with Gasteiger partial charge in [-0.25, -0.2) is 4.98 Å². The lowest BCUT2D eigenvalue weighted by Gasteiger charge is -2.18. The van der Waals surface area contributed by atoms with Crippen LogP contribution in [0.1, 0.15) is 55.1 Å². The molecule has 2 N–H and O–H groups in total. The number of pyridine rings is 1. The first kappa shape index (κ1) is 21.1. The van der Waals surface area contributed by atoms with Crippen LogP contribution in [0.5, 0.6) is 5.88 Å². The lowest BCUT2D eigenvalue weighted by atomic mass is 10.1. The van der Waals surface area contributed by atoms with Gasteiger partial charge < -0.3 is 15.4 Å². The molecule has 0 aliphatic heterocycles. The number of aromatic nitrogens is 3. The summed E-state index contributed by atoms with van der Waals surface area (Å²) >= 11 is 0. The van der Waals surface area contributed by atoms with Crippen molar-refractivity contribution in [3.05, 3.63) is 40.8 Å². The van der Waals surface area contributed by atoms with Crippen molar-refractivity contribution < 1.29 is 4.74 Å². The van der Waals surface area contributed by atoms with Gasteiger partial charge in [-0.3, -0.25) is 9.67 Å². The fourth-order valence-corrected chi connectivity index (χ4v) is 3.89. The van der Waals surface area contributed by atoms with Crippen molar-refractivity contribution in [3.63, 3.8) is 0 Å². The summed E-state index contributed by atoms with van der Waals surface area (Å²) in [5.74, 6) is 1.50. The van der Waals surface area contributed by atoms with Crippen molar-refractivity contribution >= 4 is 5.96 Å². The normalized spacial score (nSPS) is 16.1. The van der Waals surface area contributed by atoms with Gasteiger partial charge in [0.1, 0.15) is 6.10 Å². The molecule has 0 aromatic carbocycles. The molecule has 29 heavy (non-hydrogen) atoms. The van der Waals surface area contributed by atoms with Gasteiger partial charge in [0.2, 0.25) is 5.88 Å². The van der Waals surface area contributed by atoms with E-state index >= 15 is 0 Å². The number of aryl methyl sites for hydroxylation is 2.